The summed E-state index contributed by atoms with van der Waals surface area (Å²) < 4.78 is 14.1. The summed E-state index contributed by atoms with van der Waals surface area (Å²) in [6.07, 6.45) is 2.38. The van der Waals surface area contributed by atoms with Gasteiger partial charge in [-0.15, -0.1) is 0 Å². The summed E-state index contributed by atoms with van der Waals surface area (Å²) >= 11 is 0. The number of hydrogen-bond acceptors (Lipinski definition) is 2. The van der Waals surface area contributed by atoms with Crippen molar-refractivity contribution in [1.82, 2.24) is 10.2 Å². The molecule has 0 aromatic heterocycles. The van der Waals surface area contributed by atoms with Crippen LogP contribution in [0.5, 0.6) is 0 Å². The minimum absolute atomic E-state index is 0.0867. The predicted octanol–water partition coefficient (Wildman–Crippen LogP) is 3.84. The smallest absolute Gasteiger partial charge is 0.128 e. The molecule has 1 heterocycles. The van der Waals surface area contributed by atoms with Crippen LogP contribution in [-0.4, -0.2) is 31.1 Å². The summed E-state index contributed by atoms with van der Waals surface area (Å²) in [5.41, 5.74) is 0.803. The normalized spacial score (nSPS) is 25.0. The highest BCUT2D eigenvalue weighted by Gasteiger charge is 2.25. The third-order valence-electron chi connectivity index (χ3n) is 4.31. The minimum atomic E-state index is -0.0933. The predicted molar refractivity (Wildman–Crippen MR) is 86.8 cm³/mol. The molecule has 3 atom stereocenters. The Kier molecular flexibility index (Phi) is 6.19. The van der Waals surface area contributed by atoms with Gasteiger partial charge in [-0.1, -0.05) is 39.0 Å². The van der Waals surface area contributed by atoms with Crippen LogP contribution in [0.2, 0.25) is 0 Å². The second kappa shape index (κ2) is 7.90. The lowest BCUT2D eigenvalue weighted by Gasteiger charge is -2.37. The highest BCUT2D eigenvalue weighted by atomic mass is 19.1. The van der Waals surface area contributed by atoms with Crippen LogP contribution in [-0.2, 0) is 0 Å². The fraction of sp³-hybridized carbons (Fsp3) is 0.667. The van der Waals surface area contributed by atoms with Gasteiger partial charge < -0.3 is 10.2 Å². The molecule has 1 aromatic carbocycles. The van der Waals surface area contributed by atoms with E-state index in [0.717, 1.165) is 50.0 Å². The summed E-state index contributed by atoms with van der Waals surface area (Å²) in [7, 11) is 0. The highest BCUT2D eigenvalue weighted by molar-refractivity contribution is 5.21. The quantitative estimate of drug-likeness (QED) is 0.857. The fourth-order valence-corrected chi connectivity index (χ4v) is 3.55. The lowest BCUT2D eigenvalue weighted by molar-refractivity contribution is 0.128. The highest BCUT2D eigenvalue weighted by Crippen LogP contribution is 2.24. The second-order valence-electron chi connectivity index (χ2n) is 6.69. The van der Waals surface area contributed by atoms with Crippen molar-refractivity contribution in [3.63, 3.8) is 0 Å². The van der Waals surface area contributed by atoms with Crippen LogP contribution < -0.4 is 5.32 Å². The van der Waals surface area contributed by atoms with Crippen molar-refractivity contribution in [3.8, 4) is 0 Å². The molecule has 1 fully saturated rings. The Bertz CT molecular complexity index is 425. The van der Waals surface area contributed by atoms with E-state index >= 15 is 0 Å². The molecule has 0 aliphatic carbocycles. The molecule has 1 saturated heterocycles. The van der Waals surface area contributed by atoms with Crippen LogP contribution in [0.3, 0.4) is 0 Å². The maximum absolute atomic E-state index is 14.1. The van der Waals surface area contributed by atoms with Crippen molar-refractivity contribution in [2.24, 2.45) is 11.8 Å². The number of nitrogens with zero attached hydrogens (tertiary/aromatic N) is 1. The fourth-order valence-electron chi connectivity index (χ4n) is 3.55. The van der Waals surface area contributed by atoms with Crippen LogP contribution >= 0.6 is 0 Å². The van der Waals surface area contributed by atoms with Gasteiger partial charge in [0.2, 0.25) is 0 Å². The van der Waals surface area contributed by atoms with E-state index in [-0.39, 0.29) is 11.9 Å². The van der Waals surface area contributed by atoms with Crippen molar-refractivity contribution >= 4 is 0 Å². The van der Waals surface area contributed by atoms with Crippen molar-refractivity contribution in [2.75, 3.05) is 26.2 Å². The van der Waals surface area contributed by atoms with E-state index in [1.54, 1.807) is 12.1 Å². The zero-order chi connectivity index (χ0) is 15.2. The zero-order valence-corrected chi connectivity index (χ0v) is 13.6. The number of hydrogen-bond donors (Lipinski definition) is 1. The van der Waals surface area contributed by atoms with Gasteiger partial charge in [0.15, 0.2) is 0 Å². The summed E-state index contributed by atoms with van der Waals surface area (Å²) in [5, 5.41) is 3.52. The molecule has 2 nitrogen and oxygen atoms in total. The number of rotatable bonds is 6. The summed E-state index contributed by atoms with van der Waals surface area (Å²) in [5.74, 6) is 1.38. The number of likely N-dealkylation sites (tertiary alicyclic amines) is 1. The van der Waals surface area contributed by atoms with Gasteiger partial charge in [-0.2, -0.15) is 0 Å². The Morgan fingerprint density at radius 1 is 1.24 bits per heavy atom. The average molecular weight is 292 g/mol. The molecule has 118 valence electrons. The molecule has 21 heavy (non-hydrogen) atoms. The van der Waals surface area contributed by atoms with Gasteiger partial charge in [0.1, 0.15) is 5.82 Å². The van der Waals surface area contributed by atoms with Gasteiger partial charge in [-0.05, 0) is 37.3 Å². The van der Waals surface area contributed by atoms with Crippen LogP contribution in [0.15, 0.2) is 24.3 Å². The van der Waals surface area contributed by atoms with E-state index in [0.29, 0.717) is 0 Å². The monoisotopic (exact) mass is 292 g/mol. The number of benzene rings is 1. The van der Waals surface area contributed by atoms with Gasteiger partial charge in [0, 0.05) is 31.2 Å². The van der Waals surface area contributed by atoms with Crippen molar-refractivity contribution in [2.45, 2.75) is 39.7 Å². The van der Waals surface area contributed by atoms with Gasteiger partial charge in [0.25, 0.3) is 0 Å². The van der Waals surface area contributed by atoms with Crippen LogP contribution in [0.25, 0.3) is 0 Å². The molecule has 1 N–H and O–H groups in total. The lowest BCUT2D eigenvalue weighted by atomic mass is 9.91. The van der Waals surface area contributed by atoms with Crippen molar-refractivity contribution in [1.29, 1.82) is 0 Å². The van der Waals surface area contributed by atoms with E-state index in [1.807, 2.05) is 12.1 Å². The first-order valence-electron chi connectivity index (χ1n) is 8.30. The van der Waals surface area contributed by atoms with Gasteiger partial charge in [-0.3, -0.25) is 0 Å². The number of piperidine rings is 1. The summed E-state index contributed by atoms with van der Waals surface area (Å²) in [6, 6.07) is 7.27. The maximum atomic E-state index is 14.1. The molecule has 1 aliphatic rings. The third-order valence-corrected chi connectivity index (χ3v) is 4.31. The standard InChI is InChI=1S/C18H29FN2/c1-4-9-20-18(16-7-5-6-8-17(16)19)13-21-11-14(2)10-15(3)12-21/h5-8,14-15,18,20H,4,9-13H2,1-3H3. The summed E-state index contributed by atoms with van der Waals surface area (Å²) in [4.78, 5) is 2.50. The number of halogens is 1. The lowest BCUT2D eigenvalue weighted by Crippen LogP contribution is -2.43. The molecule has 2 rings (SSSR count). The van der Waals surface area contributed by atoms with E-state index in [1.165, 1.54) is 6.42 Å². The molecule has 0 radical (unpaired) electrons. The summed E-state index contributed by atoms with van der Waals surface area (Å²) in [6.45, 7) is 10.9. The molecule has 0 amide bonds. The molecule has 3 unspecified atom stereocenters. The van der Waals surface area contributed by atoms with Gasteiger partial charge in [-0.25, -0.2) is 4.39 Å². The molecular formula is C18H29FN2. The first kappa shape index (κ1) is 16.4. The topological polar surface area (TPSA) is 15.3 Å². The Labute approximate surface area is 128 Å². The Hall–Kier alpha value is -0.930. The Morgan fingerprint density at radius 2 is 1.90 bits per heavy atom. The Balaban J connectivity index is 2.07. The largest absolute Gasteiger partial charge is 0.309 e. The molecule has 3 heteroatoms. The molecule has 0 spiro atoms. The van der Waals surface area contributed by atoms with Gasteiger partial charge in [0.05, 0.1) is 0 Å². The zero-order valence-electron chi connectivity index (χ0n) is 13.6. The molecule has 1 aliphatic heterocycles. The number of nitrogens with one attached hydrogen (secondary N) is 1. The Morgan fingerprint density at radius 3 is 2.52 bits per heavy atom. The van der Waals surface area contributed by atoms with Crippen molar-refractivity contribution < 1.29 is 4.39 Å². The maximum Gasteiger partial charge on any atom is 0.128 e. The minimum Gasteiger partial charge on any atom is -0.309 e. The molecule has 1 aromatic rings. The van der Waals surface area contributed by atoms with E-state index < -0.39 is 0 Å². The molecule has 0 saturated carbocycles. The SMILES string of the molecule is CCCNC(CN1CC(C)CC(C)C1)c1ccccc1F. The van der Waals surface area contributed by atoms with E-state index in [2.05, 4.69) is 31.0 Å². The van der Waals surface area contributed by atoms with Crippen LogP contribution in [0.1, 0.15) is 45.2 Å². The van der Waals surface area contributed by atoms with Crippen LogP contribution in [0, 0.1) is 17.7 Å². The third kappa shape index (κ3) is 4.79. The van der Waals surface area contributed by atoms with E-state index in [9.17, 15) is 4.39 Å². The second-order valence-corrected chi connectivity index (χ2v) is 6.69. The van der Waals surface area contributed by atoms with Crippen molar-refractivity contribution in [3.05, 3.63) is 35.6 Å². The van der Waals surface area contributed by atoms with E-state index in [4.69, 9.17) is 0 Å². The van der Waals surface area contributed by atoms with Gasteiger partial charge >= 0.3 is 0 Å². The average Bonchev–Trinajstić information content (AvgIpc) is 2.43. The molecule has 0 bridgehead atoms. The molecular weight excluding hydrogens is 263 g/mol. The first-order valence-corrected chi connectivity index (χ1v) is 8.30. The van der Waals surface area contributed by atoms with Crippen LogP contribution in [0.4, 0.5) is 4.39 Å². The first-order chi connectivity index (χ1) is 10.1.